The van der Waals surface area contributed by atoms with Gasteiger partial charge in [0.1, 0.15) is 25.3 Å². The van der Waals surface area contributed by atoms with Gasteiger partial charge in [0.05, 0.1) is 0 Å². The molecule has 0 saturated carbocycles. The Morgan fingerprint density at radius 3 is 1.34 bits per heavy atom. The van der Waals surface area contributed by atoms with Gasteiger partial charge in [-0.15, -0.1) is 0 Å². The molecule has 0 fully saturated rings. The monoisotopic (exact) mass is 568 g/mol. The van der Waals surface area contributed by atoms with Crippen LogP contribution in [0.25, 0.3) is 0 Å². The summed E-state index contributed by atoms with van der Waals surface area (Å²) in [6, 6.07) is 17.1. The molecule has 224 valence electrons. The van der Waals surface area contributed by atoms with Crippen LogP contribution in [0.2, 0.25) is 0 Å². The van der Waals surface area contributed by atoms with Crippen LogP contribution in [-0.4, -0.2) is 49.2 Å². The number of alkyl carbamates (subject to hydrolysis) is 2. The molecule has 2 aromatic rings. The van der Waals surface area contributed by atoms with E-state index in [9.17, 15) is 19.2 Å². The molecule has 0 heterocycles. The normalized spacial score (nSPS) is 13.6. The summed E-state index contributed by atoms with van der Waals surface area (Å²) in [5, 5.41) is 11.0. The van der Waals surface area contributed by atoms with E-state index in [0.29, 0.717) is 32.4 Å². The van der Waals surface area contributed by atoms with Crippen LogP contribution in [0.15, 0.2) is 60.7 Å². The van der Waals surface area contributed by atoms with Crippen LogP contribution in [-0.2, 0) is 32.3 Å². The number of carbonyl (C=O) groups excluding carboxylic acids is 4. The molecule has 0 aromatic heterocycles. The highest BCUT2D eigenvalue weighted by Crippen LogP contribution is 2.10. The fraction of sp³-hybridized carbons (Fsp3) is 0.484. The smallest absolute Gasteiger partial charge is 0.408 e. The summed E-state index contributed by atoms with van der Waals surface area (Å²) in [5.41, 5.74) is 1.70. The Balaban J connectivity index is 1.76. The number of hydrogen-bond donors (Lipinski definition) is 4. The maximum Gasteiger partial charge on any atom is 0.408 e. The zero-order chi connectivity index (χ0) is 30.0. The van der Waals surface area contributed by atoms with E-state index in [0.717, 1.165) is 11.1 Å². The number of carbonyl (C=O) groups is 4. The highest BCUT2D eigenvalue weighted by molar-refractivity contribution is 5.86. The lowest BCUT2D eigenvalue weighted by Crippen LogP contribution is -2.51. The average Bonchev–Trinajstić information content (AvgIpc) is 3.00. The molecule has 0 bridgehead atoms. The molecular formula is C31H44N4O6. The van der Waals surface area contributed by atoms with E-state index < -0.39 is 24.3 Å². The van der Waals surface area contributed by atoms with Crippen LogP contribution in [0.1, 0.15) is 58.1 Å². The van der Waals surface area contributed by atoms with Gasteiger partial charge in [-0.1, -0.05) is 101 Å². The van der Waals surface area contributed by atoms with E-state index in [4.69, 9.17) is 9.47 Å². The highest BCUT2D eigenvalue weighted by atomic mass is 16.6. The minimum Gasteiger partial charge on any atom is -0.445 e. The summed E-state index contributed by atoms with van der Waals surface area (Å²) in [6.45, 7) is 8.47. The van der Waals surface area contributed by atoms with Crippen molar-refractivity contribution in [1.29, 1.82) is 0 Å². The lowest BCUT2D eigenvalue weighted by Gasteiger charge is -2.24. The van der Waals surface area contributed by atoms with E-state index >= 15 is 0 Å². The molecule has 0 radical (unpaired) electrons. The fourth-order valence-electron chi connectivity index (χ4n) is 3.92. The van der Waals surface area contributed by atoms with E-state index in [1.54, 1.807) is 0 Å². The van der Waals surface area contributed by atoms with Gasteiger partial charge in [0.15, 0.2) is 0 Å². The molecule has 2 rings (SSSR count). The summed E-state index contributed by atoms with van der Waals surface area (Å²) in [5.74, 6) is -0.851. The van der Waals surface area contributed by atoms with Gasteiger partial charge in [0.2, 0.25) is 11.8 Å². The zero-order valence-corrected chi connectivity index (χ0v) is 24.5. The van der Waals surface area contributed by atoms with Crippen molar-refractivity contribution >= 4 is 24.0 Å². The van der Waals surface area contributed by atoms with Crippen LogP contribution >= 0.6 is 0 Å². The molecule has 4 atom stereocenters. The summed E-state index contributed by atoms with van der Waals surface area (Å²) < 4.78 is 10.5. The molecule has 0 spiro atoms. The first-order valence-corrected chi connectivity index (χ1v) is 14.2. The van der Waals surface area contributed by atoms with Gasteiger partial charge in [-0.2, -0.15) is 0 Å². The number of hydrogen-bond acceptors (Lipinski definition) is 6. The summed E-state index contributed by atoms with van der Waals surface area (Å²) in [4.78, 5) is 50.4. The molecule has 2 aromatic carbocycles. The fourth-order valence-corrected chi connectivity index (χ4v) is 3.92. The number of ether oxygens (including phenoxy) is 2. The van der Waals surface area contributed by atoms with Gasteiger partial charge < -0.3 is 30.7 Å². The Labute approximate surface area is 242 Å². The molecule has 10 heteroatoms. The van der Waals surface area contributed by atoms with Crippen molar-refractivity contribution in [2.45, 2.75) is 72.3 Å². The van der Waals surface area contributed by atoms with E-state index in [2.05, 4.69) is 21.3 Å². The van der Waals surface area contributed by atoms with Gasteiger partial charge >= 0.3 is 12.2 Å². The van der Waals surface area contributed by atoms with Crippen LogP contribution in [0.4, 0.5) is 9.59 Å². The molecule has 4 N–H and O–H groups in total. The van der Waals surface area contributed by atoms with E-state index in [1.807, 2.05) is 88.4 Å². The maximum absolute atomic E-state index is 12.8. The first kappa shape index (κ1) is 33.1. The van der Waals surface area contributed by atoms with Gasteiger partial charge in [0, 0.05) is 13.1 Å². The van der Waals surface area contributed by atoms with Crippen molar-refractivity contribution in [3.05, 3.63) is 71.8 Å². The number of nitrogens with one attached hydrogen (secondary N) is 4. The largest absolute Gasteiger partial charge is 0.445 e. The Morgan fingerprint density at radius 1 is 0.634 bits per heavy atom. The zero-order valence-electron chi connectivity index (χ0n) is 24.5. The standard InChI is InChI=1S/C31H44N4O6/c1-5-22(3)26(34-30(38)40-20-24-14-9-7-10-15-24)28(36)32-18-13-19-33-29(37)27(23(4)6-2)35-31(39)41-21-25-16-11-8-12-17-25/h7-12,14-17,22-23,26-27H,5-6,13,18-21H2,1-4H3,(H,32,36)(H,33,37)(H,34,38)(H,35,39). The van der Waals surface area contributed by atoms with Gasteiger partial charge in [0.25, 0.3) is 0 Å². The second-order valence-corrected chi connectivity index (χ2v) is 10.1. The third-order valence-electron chi connectivity index (χ3n) is 6.92. The van der Waals surface area contributed by atoms with Crippen molar-refractivity contribution in [3.8, 4) is 0 Å². The van der Waals surface area contributed by atoms with Gasteiger partial charge in [-0.25, -0.2) is 9.59 Å². The summed E-state index contributed by atoms with van der Waals surface area (Å²) >= 11 is 0. The Hall–Kier alpha value is -4.08. The third kappa shape index (κ3) is 12.3. The molecular weight excluding hydrogens is 524 g/mol. The predicted molar refractivity (Wildman–Crippen MR) is 157 cm³/mol. The quantitative estimate of drug-likeness (QED) is 0.223. The Bertz CT molecular complexity index is 997. The van der Waals surface area contributed by atoms with E-state index in [-0.39, 0.29) is 36.9 Å². The second-order valence-electron chi connectivity index (χ2n) is 10.1. The topological polar surface area (TPSA) is 135 Å². The van der Waals surface area contributed by atoms with Crippen molar-refractivity contribution in [2.75, 3.05) is 13.1 Å². The molecule has 41 heavy (non-hydrogen) atoms. The van der Waals surface area contributed by atoms with Crippen molar-refractivity contribution in [2.24, 2.45) is 11.8 Å². The Kier molecular flexibility index (Phi) is 14.8. The summed E-state index contributed by atoms with van der Waals surface area (Å²) in [7, 11) is 0. The van der Waals surface area contributed by atoms with Crippen molar-refractivity contribution in [1.82, 2.24) is 21.3 Å². The van der Waals surface area contributed by atoms with Crippen molar-refractivity contribution < 1.29 is 28.7 Å². The lowest BCUT2D eigenvalue weighted by molar-refractivity contribution is -0.124. The van der Waals surface area contributed by atoms with Crippen molar-refractivity contribution in [3.63, 3.8) is 0 Å². The molecule has 0 aliphatic rings. The predicted octanol–water partition coefficient (Wildman–Crippen LogP) is 4.29. The van der Waals surface area contributed by atoms with Gasteiger partial charge in [-0.3, -0.25) is 9.59 Å². The average molecular weight is 569 g/mol. The number of rotatable bonds is 16. The maximum atomic E-state index is 12.8. The minimum absolute atomic E-state index is 0.108. The summed E-state index contributed by atoms with van der Waals surface area (Å²) in [6.07, 6.45) is 0.518. The third-order valence-corrected chi connectivity index (χ3v) is 6.92. The Morgan fingerprint density at radius 2 is 1.00 bits per heavy atom. The van der Waals surface area contributed by atoms with Crippen LogP contribution in [0, 0.1) is 11.8 Å². The molecule has 10 nitrogen and oxygen atoms in total. The first-order chi connectivity index (χ1) is 19.7. The minimum atomic E-state index is -0.751. The van der Waals surface area contributed by atoms with Crippen LogP contribution in [0.3, 0.4) is 0 Å². The molecule has 0 aliphatic heterocycles. The number of amides is 4. The highest BCUT2D eigenvalue weighted by Gasteiger charge is 2.27. The molecule has 4 amide bonds. The molecule has 4 unspecified atom stereocenters. The van der Waals surface area contributed by atoms with Crippen LogP contribution < -0.4 is 21.3 Å². The van der Waals surface area contributed by atoms with Crippen LogP contribution in [0.5, 0.6) is 0 Å². The molecule has 0 saturated heterocycles. The number of benzene rings is 2. The van der Waals surface area contributed by atoms with E-state index in [1.165, 1.54) is 0 Å². The SMILES string of the molecule is CCC(C)C(NC(=O)OCc1ccccc1)C(=O)NCCCNC(=O)C(NC(=O)OCc1ccccc1)C(C)CC. The first-order valence-electron chi connectivity index (χ1n) is 14.2. The second kappa shape index (κ2) is 18.3. The van der Waals surface area contributed by atoms with Gasteiger partial charge in [-0.05, 0) is 29.4 Å². The molecule has 0 aliphatic carbocycles. The lowest BCUT2D eigenvalue weighted by atomic mass is 9.98.